The van der Waals surface area contributed by atoms with E-state index in [1.165, 1.54) is 0 Å². The van der Waals surface area contributed by atoms with Crippen LogP contribution in [0.25, 0.3) is 21.9 Å². The van der Waals surface area contributed by atoms with Gasteiger partial charge in [0, 0.05) is 41.2 Å². The molecule has 0 aliphatic carbocycles. The molecule has 0 spiro atoms. The summed E-state index contributed by atoms with van der Waals surface area (Å²) in [4.78, 5) is 28.7. The van der Waals surface area contributed by atoms with Crippen molar-refractivity contribution >= 4 is 27.8 Å². The maximum atomic E-state index is 12.7. The molecule has 0 saturated carbocycles. The molecule has 0 saturated heterocycles. The second-order valence-electron chi connectivity index (χ2n) is 9.81. The van der Waals surface area contributed by atoms with E-state index in [0.717, 1.165) is 57.3 Å². The summed E-state index contributed by atoms with van der Waals surface area (Å²) in [5.74, 6) is 1.35. The van der Waals surface area contributed by atoms with Gasteiger partial charge in [0.05, 0.1) is 19.1 Å². The van der Waals surface area contributed by atoms with Crippen LogP contribution in [0.3, 0.4) is 0 Å². The monoisotopic (exact) mass is 474 g/mol. The first-order chi connectivity index (χ1) is 16.7. The number of carbonyl (C=O) groups is 1. The van der Waals surface area contributed by atoms with Crippen LogP contribution < -0.4 is 20.4 Å². The maximum absolute atomic E-state index is 12.7. The maximum Gasteiger partial charge on any atom is 0.340 e. The minimum Gasteiger partial charge on any atom is -0.497 e. The Morgan fingerprint density at radius 1 is 1.20 bits per heavy atom. The number of benzene rings is 2. The third-order valence-electron chi connectivity index (χ3n) is 6.88. The number of hydrogen-bond acceptors (Lipinski definition) is 5. The number of rotatable bonds is 6. The Labute approximate surface area is 203 Å². The van der Waals surface area contributed by atoms with Crippen LogP contribution in [0.5, 0.6) is 11.5 Å². The average molecular weight is 475 g/mol. The number of ether oxygens (including phenoxy) is 2. The normalized spacial score (nSPS) is 14.5. The summed E-state index contributed by atoms with van der Waals surface area (Å²) in [5, 5.41) is 4.89. The van der Waals surface area contributed by atoms with Gasteiger partial charge in [-0.25, -0.2) is 4.79 Å². The molecule has 1 aliphatic heterocycles. The Balaban J connectivity index is 1.29. The SMILES string of the molecule is COc1ccc2c(CCNC(=O)Cc3c(C)c4cc5c(cc4oc3=O)OC(C)(C)CC5)c[nH]c2c1. The molecule has 0 atom stereocenters. The lowest BCUT2D eigenvalue weighted by molar-refractivity contribution is -0.120. The van der Waals surface area contributed by atoms with Gasteiger partial charge in [-0.1, -0.05) is 0 Å². The molecule has 4 aromatic rings. The van der Waals surface area contributed by atoms with Crippen molar-refractivity contribution in [1.82, 2.24) is 10.3 Å². The Kier molecular flexibility index (Phi) is 5.79. The molecule has 0 fully saturated rings. The van der Waals surface area contributed by atoms with Gasteiger partial charge in [0.1, 0.15) is 22.7 Å². The van der Waals surface area contributed by atoms with Crippen LogP contribution in [0.2, 0.25) is 0 Å². The first kappa shape index (κ1) is 23.0. The van der Waals surface area contributed by atoms with Gasteiger partial charge in [0.2, 0.25) is 5.91 Å². The van der Waals surface area contributed by atoms with Crippen LogP contribution in [-0.2, 0) is 24.1 Å². The fourth-order valence-corrected chi connectivity index (χ4v) is 4.80. The van der Waals surface area contributed by atoms with Crippen LogP contribution in [0.4, 0.5) is 0 Å². The molecule has 2 aromatic heterocycles. The molecule has 5 rings (SSSR count). The molecule has 182 valence electrons. The van der Waals surface area contributed by atoms with Crippen molar-refractivity contribution in [2.24, 2.45) is 0 Å². The van der Waals surface area contributed by atoms with Crippen LogP contribution in [0.1, 0.15) is 42.5 Å². The molecule has 0 bridgehead atoms. The summed E-state index contributed by atoms with van der Waals surface area (Å²) in [6.07, 6.45) is 4.42. The Morgan fingerprint density at radius 2 is 2.03 bits per heavy atom. The molecular formula is C28H30N2O5. The third kappa shape index (κ3) is 4.50. The predicted octanol–water partition coefficient (Wildman–Crippen LogP) is 4.60. The fourth-order valence-electron chi connectivity index (χ4n) is 4.80. The van der Waals surface area contributed by atoms with E-state index in [-0.39, 0.29) is 17.9 Å². The minimum atomic E-state index is -0.481. The number of aromatic amines is 1. The summed E-state index contributed by atoms with van der Waals surface area (Å²) in [7, 11) is 1.64. The van der Waals surface area contributed by atoms with Gasteiger partial charge in [-0.2, -0.15) is 0 Å². The van der Waals surface area contributed by atoms with Crippen LogP contribution in [0, 0.1) is 6.92 Å². The van der Waals surface area contributed by atoms with Crippen molar-refractivity contribution < 1.29 is 18.7 Å². The quantitative estimate of drug-likeness (QED) is 0.399. The van der Waals surface area contributed by atoms with E-state index in [1.807, 2.05) is 37.4 Å². The molecule has 0 radical (unpaired) electrons. The topological polar surface area (TPSA) is 93.6 Å². The van der Waals surface area contributed by atoms with Crippen LogP contribution in [-0.4, -0.2) is 30.1 Å². The van der Waals surface area contributed by atoms with Crippen molar-refractivity contribution in [1.29, 1.82) is 0 Å². The van der Waals surface area contributed by atoms with Crippen molar-refractivity contribution in [3.63, 3.8) is 0 Å². The zero-order valence-electron chi connectivity index (χ0n) is 20.5. The van der Waals surface area contributed by atoms with Crippen LogP contribution in [0.15, 0.2) is 45.7 Å². The Morgan fingerprint density at radius 3 is 2.83 bits per heavy atom. The molecule has 7 nitrogen and oxygen atoms in total. The number of carbonyl (C=O) groups excluding carboxylic acids is 1. The number of H-pyrrole nitrogens is 1. The molecule has 0 unspecified atom stereocenters. The number of aryl methyl sites for hydroxylation is 2. The second-order valence-corrected chi connectivity index (χ2v) is 9.81. The van der Waals surface area contributed by atoms with Gasteiger partial charge in [-0.3, -0.25) is 4.79 Å². The standard InChI is InChI=1S/C28H30N2O5/c1-16-21-11-17-7-9-28(2,3)35-24(17)14-25(21)34-27(32)22(16)13-26(31)29-10-8-18-15-30-23-12-19(33-4)5-6-20(18)23/h5-6,11-12,14-15,30H,7-10,13H2,1-4H3,(H,29,31). The zero-order chi connectivity index (χ0) is 24.7. The largest absolute Gasteiger partial charge is 0.497 e. The average Bonchev–Trinajstić information content (AvgIpc) is 3.22. The van der Waals surface area contributed by atoms with Gasteiger partial charge in [-0.15, -0.1) is 0 Å². The van der Waals surface area contributed by atoms with Crippen LogP contribution >= 0.6 is 0 Å². The lowest BCUT2D eigenvalue weighted by atomic mass is 9.92. The first-order valence-electron chi connectivity index (χ1n) is 11.9. The zero-order valence-corrected chi connectivity index (χ0v) is 20.5. The van der Waals surface area contributed by atoms with E-state index in [1.54, 1.807) is 13.2 Å². The minimum absolute atomic E-state index is 0.0180. The Bertz CT molecular complexity index is 1500. The van der Waals surface area contributed by atoms with E-state index >= 15 is 0 Å². The molecule has 1 amide bonds. The van der Waals surface area contributed by atoms with E-state index in [4.69, 9.17) is 13.9 Å². The fraction of sp³-hybridized carbons (Fsp3) is 0.357. The number of methoxy groups -OCH3 is 1. The molecule has 2 N–H and O–H groups in total. The van der Waals surface area contributed by atoms with Crippen molar-refractivity contribution in [2.45, 2.75) is 52.1 Å². The number of amides is 1. The van der Waals surface area contributed by atoms with Crippen molar-refractivity contribution in [3.8, 4) is 11.5 Å². The molecule has 7 heteroatoms. The smallest absolute Gasteiger partial charge is 0.340 e. The first-order valence-corrected chi connectivity index (χ1v) is 11.9. The van der Waals surface area contributed by atoms with E-state index < -0.39 is 5.63 Å². The van der Waals surface area contributed by atoms with Gasteiger partial charge in [0.25, 0.3) is 0 Å². The van der Waals surface area contributed by atoms with Crippen molar-refractivity contribution in [3.05, 3.63) is 69.2 Å². The van der Waals surface area contributed by atoms with Gasteiger partial charge >= 0.3 is 5.63 Å². The highest BCUT2D eigenvalue weighted by Crippen LogP contribution is 2.36. The summed E-state index contributed by atoms with van der Waals surface area (Å²) in [5.41, 5.74) is 4.14. The van der Waals surface area contributed by atoms with Gasteiger partial charge in [0.15, 0.2) is 0 Å². The highest BCUT2D eigenvalue weighted by Gasteiger charge is 2.28. The molecule has 3 heterocycles. The predicted molar refractivity (Wildman–Crippen MR) is 136 cm³/mol. The highest BCUT2D eigenvalue weighted by atomic mass is 16.5. The number of aromatic nitrogens is 1. The summed E-state index contributed by atoms with van der Waals surface area (Å²) >= 11 is 0. The van der Waals surface area contributed by atoms with E-state index in [2.05, 4.69) is 24.1 Å². The van der Waals surface area contributed by atoms with E-state index in [0.29, 0.717) is 24.1 Å². The molecule has 2 aromatic carbocycles. The van der Waals surface area contributed by atoms with E-state index in [9.17, 15) is 9.59 Å². The summed E-state index contributed by atoms with van der Waals surface area (Å²) < 4.78 is 17.0. The molecular weight excluding hydrogens is 444 g/mol. The number of fused-ring (bicyclic) bond motifs is 3. The summed E-state index contributed by atoms with van der Waals surface area (Å²) in [6, 6.07) is 9.72. The molecule has 35 heavy (non-hydrogen) atoms. The second kappa shape index (κ2) is 8.80. The van der Waals surface area contributed by atoms with Gasteiger partial charge in [-0.05, 0) is 74.9 Å². The number of nitrogens with one attached hydrogen (secondary N) is 2. The third-order valence-corrected chi connectivity index (χ3v) is 6.88. The van der Waals surface area contributed by atoms with Gasteiger partial charge < -0.3 is 24.2 Å². The number of hydrogen-bond donors (Lipinski definition) is 2. The molecule has 1 aliphatic rings. The Hall–Kier alpha value is -3.74. The summed E-state index contributed by atoms with van der Waals surface area (Å²) in [6.45, 7) is 6.45. The van der Waals surface area contributed by atoms with Crippen molar-refractivity contribution in [2.75, 3.05) is 13.7 Å². The lowest BCUT2D eigenvalue weighted by Crippen LogP contribution is -2.32. The lowest BCUT2D eigenvalue weighted by Gasteiger charge is -2.32. The highest BCUT2D eigenvalue weighted by molar-refractivity contribution is 5.87.